The summed E-state index contributed by atoms with van der Waals surface area (Å²) in [6, 6.07) is 10.3. The molecule has 1 saturated heterocycles. The molecule has 2 heterocycles. The number of furan rings is 1. The summed E-state index contributed by atoms with van der Waals surface area (Å²) in [6.45, 7) is 7.63. The van der Waals surface area contributed by atoms with Gasteiger partial charge in [-0.15, -0.1) is 0 Å². The van der Waals surface area contributed by atoms with Crippen molar-refractivity contribution in [3.05, 3.63) is 71.7 Å². The molecule has 0 spiro atoms. The predicted octanol–water partition coefficient (Wildman–Crippen LogP) is 4.99. The molecule has 43 heavy (non-hydrogen) atoms. The van der Waals surface area contributed by atoms with Crippen molar-refractivity contribution in [2.24, 2.45) is 34.0 Å². The Morgan fingerprint density at radius 3 is 2.44 bits per heavy atom. The van der Waals surface area contributed by atoms with Gasteiger partial charge in [-0.05, 0) is 48.4 Å². The average molecular weight is 591 g/mol. The molecule has 4 aliphatic rings. The highest BCUT2D eigenvalue weighted by Gasteiger charge is 2.72. The van der Waals surface area contributed by atoms with Gasteiger partial charge in [0, 0.05) is 28.2 Å². The molecule has 1 N–H and O–H groups in total. The van der Waals surface area contributed by atoms with Crippen LogP contribution in [0.2, 0.25) is 0 Å². The molecule has 3 fully saturated rings. The summed E-state index contributed by atoms with van der Waals surface area (Å²) >= 11 is 0. The van der Waals surface area contributed by atoms with Crippen molar-refractivity contribution in [1.29, 1.82) is 0 Å². The van der Waals surface area contributed by atoms with E-state index in [1.165, 1.54) is 19.6 Å². The van der Waals surface area contributed by atoms with Gasteiger partial charge >= 0.3 is 17.9 Å². The van der Waals surface area contributed by atoms with E-state index in [0.717, 1.165) is 0 Å². The average Bonchev–Trinajstić information content (AvgIpc) is 3.51. The van der Waals surface area contributed by atoms with Crippen molar-refractivity contribution < 1.29 is 42.9 Å². The molecule has 228 valence electrons. The predicted molar refractivity (Wildman–Crippen MR) is 152 cm³/mol. The minimum atomic E-state index is -1.65. The Bertz CT molecular complexity index is 1490. The number of hydrogen-bond acceptors (Lipinski definition) is 9. The zero-order valence-electron chi connectivity index (χ0n) is 25.1. The minimum Gasteiger partial charge on any atom is -0.472 e. The number of rotatable bonds is 5. The fraction of sp³-hybridized carbons (Fsp3) is 0.529. The van der Waals surface area contributed by atoms with Crippen molar-refractivity contribution in [3.8, 4) is 0 Å². The van der Waals surface area contributed by atoms with Crippen molar-refractivity contribution in [1.82, 2.24) is 0 Å². The van der Waals surface area contributed by atoms with E-state index in [-0.39, 0.29) is 18.6 Å². The minimum absolute atomic E-state index is 0.0724. The standard InChI is InChI=1S/C34H38O9/c1-31(2)24(16-25(35)40-5)33(4)22-11-13-32(3)28(20-12-14-41-18-20)42-26(36)17-34(32,39)23(22)15-21(27(33)37)29(31)43-30(38)19-9-7-6-8-10-19/h6-10,12,14-15,18,21-22,24,28-29,39H,11,13,16-17H2,1-5H3/t21?,22-,24-,28-,29+,32-,33?,34+/m0/s1. The van der Waals surface area contributed by atoms with E-state index in [2.05, 4.69) is 0 Å². The van der Waals surface area contributed by atoms with Crippen LogP contribution in [0.1, 0.15) is 75.4 Å². The molecule has 2 unspecified atom stereocenters. The van der Waals surface area contributed by atoms with Gasteiger partial charge in [0.25, 0.3) is 0 Å². The summed E-state index contributed by atoms with van der Waals surface area (Å²) in [5, 5.41) is 12.7. The van der Waals surface area contributed by atoms with Crippen LogP contribution in [0.25, 0.3) is 0 Å². The lowest BCUT2D eigenvalue weighted by Gasteiger charge is -2.65. The molecule has 3 aliphatic carbocycles. The fourth-order valence-corrected chi connectivity index (χ4v) is 8.91. The highest BCUT2D eigenvalue weighted by molar-refractivity contribution is 5.95. The summed E-state index contributed by atoms with van der Waals surface area (Å²) in [5.41, 5.74) is -2.96. The summed E-state index contributed by atoms with van der Waals surface area (Å²) in [4.78, 5) is 54.0. The van der Waals surface area contributed by atoms with Crippen molar-refractivity contribution in [3.63, 3.8) is 0 Å². The topological polar surface area (TPSA) is 129 Å². The van der Waals surface area contributed by atoms with Gasteiger partial charge in [-0.25, -0.2) is 4.79 Å². The van der Waals surface area contributed by atoms with Crippen LogP contribution in [0.15, 0.2) is 65.0 Å². The molecule has 2 saturated carbocycles. The Morgan fingerprint density at radius 2 is 1.79 bits per heavy atom. The number of ketones is 1. The number of aliphatic hydroxyl groups is 1. The van der Waals surface area contributed by atoms with E-state index in [1.54, 1.807) is 42.5 Å². The van der Waals surface area contributed by atoms with E-state index < -0.39 is 69.7 Å². The van der Waals surface area contributed by atoms with Crippen molar-refractivity contribution >= 4 is 23.7 Å². The summed E-state index contributed by atoms with van der Waals surface area (Å²) < 4.78 is 22.4. The number of esters is 3. The number of carbonyl (C=O) groups is 4. The normalized spacial score (nSPS) is 37.7. The first-order valence-corrected chi connectivity index (χ1v) is 14.8. The van der Waals surface area contributed by atoms with Crippen LogP contribution in [0.4, 0.5) is 0 Å². The number of Topliss-reactive ketones (excluding diaryl/α,β-unsaturated/α-hetero) is 1. The zero-order chi connectivity index (χ0) is 30.9. The number of fused-ring (bicyclic) bond motifs is 6. The van der Waals surface area contributed by atoms with Gasteiger partial charge in [0.05, 0.1) is 37.5 Å². The maximum Gasteiger partial charge on any atom is 0.338 e. The number of hydrogen-bond donors (Lipinski definition) is 1. The third kappa shape index (κ3) is 4.07. The molecule has 2 bridgehead atoms. The van der Waals surface area contributed by atoms with E-state index in [1.807, 2.05) is 27.7 Å². The molecular weight excluding hydrogens is 552 g/mol. The molecule has 1 aromatic heterocycles. The molecule has 9 heteroatoms. The molecule has 6 rings (SSSR count). The zero-order valence-corrected chi connectivity index (χ0v) is 25.1. The molecular formula is C34H38O9. The monoisotopic (exact) mass is 590 g/mol. The van der Waals surface area contributed by atoms with Gasteiger partial charge in [0.2, 0.25) is 0 Å². The molecule has 1 aliphatic heterocycles. The van der Waals surface area contributed by atoms with Crippen LogP contribution in [0.5, 0.6) is 0 Å². The summed E-state index contributed by atoms with van der Waals surface area (Å²) in [5.74, 6) is -3.70. The number of carbonyl (C=O) groups excluding carboxylic acids is 4. The van der Waals surface area contributed by atoms with E-state index in [0.29, 0.717) is 29.5 Å². The van der Waals surface area contributed by atoms with Crippen LogP contribution in [0.3, 0.4) is 0 Å². The molecule has 0 amide bonds. The van der Waals surface area contributed by atoms with Crippen LogP contribution in [-0.2, 0) is 28.6 Å². The van der Waals surface area contributed by atoms with Crippen molar-refractivity contribution in [2.45, 2.75) is 71.2 Å². The second-order valence-corrected chi connectivity index (χ2v) is 13.6. The lowest BCUT2D eigenvalue weighted by Crippen LogP contribution is -2.69. The Balaban J connectivity index is 1.51. The maximum absolute atomic E-state index is 14.6. The summed E-state index contributed by atoms with van der Waals surface area (Å²) in [6.07, 6.45) is 3.70. The Hall–Kier alpha value is -3.72. The van der Waals surface area contributed by atoms with Crippen LogP contribution in [0, 0.1) is 34.0 Å². The Kier molecular flexibility index (Phi) is 6.76. The first-order chi connectivity index (χ1) is 20.3. The van der Waals surface area contributed by atoms with E-state index in [9.17, 15) is 24.3 Å². The molecule has 0 radical (unpaired) electrons. The van der Waals surface area contributed by atoms with Gasteiger partial charge in [0.1, 0.15) is 23.6 Å². The quantitative estimate of drug-likeness (QED) is 0.291. The molecule has 2 aromatic rings. The van der Waals surface area contributed by atoms with Crippen LogP contribution >= 0.6 is 0 Å². The van der Waals surface area contributed by atoms with Gasteiger partial charge < -0.3 is 23.7 Å². The van der Waals surface area contributed by atoms with Gasteiger partial charge in [-0.2, -0.15) is 0 Å². The lowest BCUT2D eigenvalue weighted by molar-refractivity contribution is -0.222. The highest BCUT2D eigenvalue weighted by atomic mass is 16.6. The van der Waals surface area contributed by atoms with E-state index in [4.69, 9.17) is 18.6 Å². The van der Waals surface area contributed by atoms with Crippen LogP contribution in [-0.4, -0.2) is 47.6 Å². The molecule has 9 nitrogen and oxygen atoms in total. The smallest absolute Gasteiger partial charge is 0.338 e. The fourth-order valence-electron chi connectivity index (χ4n) is 8.91. The van der Waals surface area contributed by atoms with Gasteiger partial charge in [0.15, 0.2) is 0 Å². The largest absolute Gasteiger partial charge is 0.472 e. The highest BCUT2D eigenvalue weighted by Crippen LogP contribution is 2.69. The number of methoxy groups -OCH3 is 1. The number of ether oxygens (including phenoxy) is 3. The first kappa shape index (κ1) is 29.4. The number of benzene rings is 1. The SMILES string of the molecule is COC(=O)C[C@H]1C(C)(C)[C@H](OC(=O)c2ccccc2)C2C=C3[C@H](CC[C@@]4(C)[C@H](c5ccoc5)OC(=O)C[C@@]34O)C1(C)C2=O. The maximum atomic E-state index is 14.6. The first-order valence-electron chi connectivity index (χ1n) is 14.8. The Morgan fingerprint density at radius 1 is 1.07 bits per heavy atom. The lowest BCUT2D eigenvalue weighted by atomic mass is 9.39. The molecule has 1 aromatic carbocycles. The second kappa shape index (κ2) is 9.91. The van der Waals surface area contributed by atoms with Gasteiger partial charge in [-0.3, -0.25) is 14.4 Å². The van der Waals surface area contributed by atoms with Gasteiger partial charge in [-0.1, -0.05) is 52.0 Å². The number of cyclic esters (lactones) is 1. The van der Waals surface area contributed by atoms with Crippen molar-refractivity contribution in [2.75, 3.05) is 7.11 Å². The van der Waals surface area contributed by atoms with E-state index >= 15 is 0 Å². The third-order valence-electron chi connectivity index (χ3n) is 11.3. The molecule has 8 atom stereocenters. The second-order valence-electron chi connectivity index (χ2n) is 13.6. The summed E-state index contributed by atoms with van der Waals surface area (Å²) in [7, 11) is 1.31. The van der Waals surface area contributed by atoms with Crippen LogP contribution < -0.4 is 0 Å². The third-order valence-corrected chi connectivity index (χ3v) is 11.3. The Labute approximate surface area is 250 Å².